The molecule has 5 aromatic carbocycles. The quantitative estimate of drug-likeness (QED) is 0.0465. The molecular weight excluding hydrogens is 785 g/mol. The number of phenolic OH excluding ortho intramolecular Hbond substituents is 1. The second-order valence-corrected chi connectivity index (χ2v) is 16.1. The van der Waals surface area contributed by atoms with Crippen molar-refractivity contribution in [1.29, 1.82) is 0 Å². The van der Waals surface area contributed by atoms with Crippen LogP contribution in [0.15, 0.2) is 132 Å². The van der Waals surface area contributed by atoms with E-state index in [-0.39, 0.29) is 36.5 Å². The first-order valence-electron chi connectivity index (χ1n) is 21.3. The molecule has 9 rings (SSSR count). The number of aryl methyl sites for hydroxylation is 1. The van der Waals surface area contributed by atoms with Crippen molar-refractivity contribution >= 4 is 23.0 Å². The molecule has 0 radical (unpaired) electrons. The molecule has 2 unspecified atom stereocenters. The average Bonchev–Trinajstić information content (AvgIpc) is 3.30. The van der Waals surface area contributed by atoms with Crippen LogP contribution < -0.4 is 20.9 Å². The van der Waals surface area contributed by atoms with Crippen LogP contribution in [-0.2, 0) is 29.0 Å². The van der Waals surface area contributed by atoms with Crippen LogP contribution in [0.3, 0.4) is 0 Å². The summed E-state index contributed by atoms with van der Waals surface area (Å²) in [4.78, 5) is 42.7. The number of rotatable bonds is 17. The molecule has 12 heteroatoms. The standard InChI is InChI=1S/C50H52N4O8/c55-43-21-19-41(42-20-22-46(57)52-48(42)43)44(56)30-51-29-34-13-11-33(12-14-34)6-5-27-60-49(58)38-17-15-35(16-18-38)32-61-40-10-4-9-39(28-40)47(37-7-2-1-3-8-37)53-50(59)62-45-31-54-25-23-36(45)24-26-54/h1-4,7-22,28,36,44-45,47,51,55-56H,5-6,23-27,29-32H2,(H,52,57)(H,53,59)/t44?,45?,47-/m0/s1. The highest BCUT2D eigenvalue weighted by Crippen LogP contribution is 2.31. The van der Waals surface area contributed by atoms with Gasteiger partial charge in [0.25, 0.3) is 0 Å². The van der Waals surface area contributed by atoms with Gasteiger partial charge in [-0.1, -0.05) is 84.9 Å². The van der Waals surface area contributed by atoms with Crippen LogP contribution in [0.4, 0.5) is 4.79 Å². The van der Waals surface area contributed by atoms with Crippen LogP contribution in [0, 0.1) is 5.92 Å². The van der Waals surface area contributed by atoms with Crippen LogP contribution in [0.25, 0.3) is 10.9 Å². The Morgan fingerprint density at radius 3 is 2.32 bits per heavy atom. The lowest BCUT2D eigenvalue weighted by Gasteiger charge is -2.43. The molecule has 2 bridgehead atoms. The van der Waals surface area contributed by atoms with Gasteiger partial charge >= 0.3 is 12.1 Å². The molecule has 12 nitrogen and oxygen atoms in total. The molecule has 3 aliphatic heterocycles. The number of hydrogen-bond donors (Lipinski definition) is 5. The third kappa shape index (κ3) is 10.7. The smallest absolute Gasteiger partial charge is 0.408 e. The lowest BCUT2D eigenvalue weighted by molar-refractivity contribution is -0.0336. The first-order valence-corrected chi connectivity index (χ1v) is 21.3. The summed E-state index contributed by atoms with van der Waals surface area (Å²) in [5, 5.41) is 27.9. The van der Waals surface area contributed by atoms with Crippen molar-refractivity contribution in [2.75, 3.05) is 32.8 Å². The number of piperidine rings is 3. The van der Waals surface area contributed by atoms with Gasteiger partial charge in [0.15, 0.2) is 0 Å². The summed E-state index contributed by atoms with van der Waals surface area (Å²) in [5.74, 6) is 0.649. The molecule has 0 saturated carbocycles. The number of alkyl carbamates (subject to hydrolysis) is 1. The Balaban J connectivity index is 0.762. The van der Waals surface area contributed by atoms with Crippen LogP contribution in [0.1, 0.15) is 75.1 Å². The summed E-state index contributed by atoms with van der Waals surface area (Å²) >= 11 is 0. The zero-order chi connectivity index (χ0) is 42.8. The fourth-order valence-electron chi connectivity index (χ4n) is 8.39. The zero-order valence-corrected chi connectivity index (χ0v) is 34.5. The number of nitrogens with zero attached hydrogens (tertiary/aromatic N) is 1. The Bertz CT molecular complexity index is 2500. The van der Waals surface area contributed by atoms with Crippen molar-refractivity contribution in [3.8, 4) is 11.5 Å². The molecule has 5 N–H and O–H groups in total. The molecule has 6 aromatic rings. The number of benzene rings is 5. The number of aliphatic hydroxyl groups is 1. The molecule has 1 aromatic heterocycles. The van der Waals surface area contributed by atoms with E-state index < -0.39 is 18.2 Å². The van der Waals surface area contributed by atoms with Crippen LogP contribution >= 0.6 is 0 Å². The number of aromatic nitrogens is 1. The van der Waals surface area contributed by atoms with E-state index in [0.29, 0.717) is 53.3 Å². The third-order valence-corrected chi connectivity index (χ3v) is 11.8. The number of carbonyl (C=O) groups excluding carboxylic acids is 2. The predicted octanol–water partition coefficient (Wildman–Crippen LogP) is 7.34. The number of hydrogen-bond acceptors (Lipinski definition) is 10. The van der Waals surface area contributed by atoms with Gasteiger partial charge in [0.1, 0.15) is 24.2 Å². The van der Waals surface area contributed by atoms with E-state index in [0.717, 1.165) is 66.7 Å². The minimum absolute atomic E-state index is 0.0451. The molecule has 1 amide bonds. The SMILES string of the molecule is O=C(N[C@@H](c1ccccc1)c1cccc(OCc2ccc(C(=O)OCCCc3ccc(CNCC(O)c4ccc(O)c5[nH]c(=O)ccc45)cc3)cc2)c1)OC1CN2CCC1CC2. The van der Waals surface area contributed by atoms with Crippen molar-refractivity contribution in [2.24, 2.45) is 5.92 Å². The van der Waals surface area contributed by atoms with Gasteiger partial charge < -0.3 is 40.0 Å². The zero-order valence-electron chi connectivity index (χ0n) is 34.5. The minimum Gasteiger partial charge on any atom is -0.506 e. The number of nitrogens with one attached hydrogen (secondary N) is 3. The molecule has 320 valence electrons. The number of phenols is 1. The second kappa shape index (κ2) is 19.9. The number of aliphatic hydroxyl groups excluding tert-OH is 1. The number of esters is 1. The highest BCUT2D eigenvalue weighted by atomic mass is 16.6. The first kappa shape index (κ1) is 42.2. The van der Waals surface area contributed by atoms with E-state index in [1.54, 1.807) is 24.3 Å². The van der Waals surface area contributed by atoms with Gasteiger partial charge in [-0.15, -0.1) is 0 Å². The monoisotopic (exact) mass is 836 g/mol. The molecule has 0 aliphatic carbocycles. The topological polar surface area (TPSA) is 162 Å². The Hall–Kier alpha value is -6.47. The van der Waals surface area contributed by atoms with Crippen LogP contribution in [-0.4, -0.2) is 71.0 Å². The van der Waals surface area contributed by atoms with Gasteiger partial charge in [-0.2, -0.15) is 0 Å². The van der Waals surface area contributed by atoms with Gasteiger partial charge in [0.2, 0.25) is 5.56 Å². The van der Waals surface area contributed by atoms with Gasteiger partial charge in [-0.3, -0.25) is 9.69 Å². The number of aromatic amines is 1. The normalized spacial score (nSPS) is 17.9. The Kier molecular flexibility index (Phi) is 13.6. The average molecular weight is 837 g/mol. The lowest BCUT2D eigenvalue weighted by Crippen LogP contribution is -2.52. The fraction of sp³-hybridized carbons (Fsp3) is 0.300. The van der Waals surface area contributed by atoms with Crippen LogP contribution in [0.2, 0.25) is 0 Å². The summed E-state index contributed by atoms with van der Waals surface area (Å²) in [5.41, 5.74) is 5.94. The van der Waals surface area contributed by atoms with E-state index in [1.165, 1.54) is 12.1 Å². The molecule has 3 saturated heterocycles. The summed E-state index contributed by atoms with van der Waals surface area (Å²) in [6, 6.07) is 38.6. The Labute approximate surface area is 360 Å². The Morgan fingerprint density at radius 1 is 0.823 bits per heavy atom. The van der Waals surface area contributed by atoms with Gasteiger partial charge in [0.05, 0.1) is 29.8 Å². The Morgan fingerprint density at radius 2 is 1.56 bits per heavy atom. The van der Waals surface area contributed by atoms with E-state index in [1.807, 2.05) is 91.0 Å². The molecule has 3 aliphatic rings. The van der Waals surface area contributed by atoms with E-state index >= 15 is 0 Å². The molecule has 3 fully saturated rings. The first-order chi connectivity index (χ1) is 30.3. The third-order valence-electron chi connectivity index (χ3n) is 11.8. The summed E-state index contributed by atoms with van der Waals surface area (Å²) in [6.45, 7) is 4.37. The molecule has 0 spiro atoms. The van der Waals surface area contributed by atoms with E-state index in [4.69, 9.17) is 14.2 Å². The maximum atomic E-state index is 13.2. The second-order valence-electron chi connectivity index (χ2n) is 16.1. The number of fused-ring (bicyclic) bond motifs is 4. The molecule has 4 heterocycles. The largest absolute Gasteiger partial charge is 0.506 e. The number of aromatic hydroxyl groups is 1. The summed E-state index contributed by atoms with van der Waals surface area (Å²) in [6.07, 6.45) is 2.21. The van der Waals surface area contributed by atoms with Gasteiger partial charge in [-0.25, -0.2) is 9.59 Å². The maximum absolute atomic E-state index is 13.2. The van der Waals surface area contributed by atoms with Gasteiger partial charge in [-0.05, 0) is 114 Å². The molecular formula is C50H52N4O8. The summed E-state index contributed by atoms with van der Waals surface area (Å²) < 4.78 is 17.7. The number of pyridine rings is 1. The van der Waals surface area contributed by atoms with Crippen molar-refractivity contribution in [3.05, 3.63) is 177 Å². The highest BCUT2D eigenvalue weighted by Gasteiger charge is 2.37. The van der Waals surface area contributed by atoms with Gasteiger partial charge in [0, 0.05) is 31.1 Å². The number of carbonyl (C=O) groups is 2. The number of ether oxygens (including phenoxy) is 3. The van der Waals surface area contributed by atoms with Crippen molar-refractivity contribution in [3.63, 3.8) is 0 Å². The number of H-pyrrole nitrogens is 1. The summed E-state index contributed by atoms with van der Waals surface area (Å²) in [7, 11) is 0. The minimum atomic E-state index is -0.838. The van der Waals surface area contributed by atoms with Crippen molar-refractivity contribution < 1.29 is 34.0 Å². The number of amides is 1. The van der Waals surface area contributed by atoms with Crippen molar-refractivity contribution in [2.45, 2.75) is 57.1 Å². The molecule has 62 heavy (non-hydrogen) atoms. The lowest BCUT2D eigenvalue weighted by atomic mass is 9.86. The maximum Gasteiger partial charge on any atom is 0.408 e. The van der Waals surface area contributed by atoms with Crippen LogP contribution in [0.5, 0.6) is 11.5 Å². The highest BCUT2D eigenvalue weighted by molar-refractivity contribution is 5.89. The fourth-order valence-corrected chi connectivity index (χ4v) is 8.39. The van der Waals surface area contributed by atoms with E-state index in [9.17, 15) is 24.6 Å². The van der Waals surface area contributed by atoms with E-state index in [2.05, 4.69) is 20.5 Å². The predicted molar refractivity (Wildman–Crippen MR) is 236 cm³/mol. The van der Waals surface area contributed by atoms with Crippen molar-refractivity contribution in [1.82, 2.24) is 20.5 Å². The molecule has 3 atom stereocenters.